The molecule has 0 bridgehead atoms. The van der Waals surface area contributed by atoms with Crippen LogP contribution in [0.25, 0.3) is 0 Å². The summed E-state index contributed by atoms with van der Waals surface area (Å²) in [6, 6.07) is 0. The van der Waals surface area contributed by atoms with E-state index in [9.17, 15) is 5.11 Å². The molecule has 0 aliphatic heterocycles. The molecule has 178 valence electrons. The smallest absolute Gasteiger partial charge is 0.0571 e. The van der Waals surface area contributed by atoms with Gasteiger partial charge in [-0.2, -0.15) is 0 Å². The molecule has 1 nitrogen and oxygen atoms in total. The highest BCUT2D eigenvalue weighted by Crippen LogP contribution is 2.78. The van der Waals surface area contributed by atoms with E-state index in [2.05, 4.69) is 55.4 Å². The van der Waals surface area contributed by atoms with Crippen LogP contribution in [0.3, 0.4) is 0 Å². The molecule has 5 saturated carbocycles. The summed E-state index contributed by atoms with van der Waals surface area (Å²) in [5.41, 5.74) is 2.88. The van der Waals surface area contributed by atoms with Gasteiger partial charge in [0.1, 0.15) is 0 Å². The summed E-state index contributed by atoms with van der Waals surface area (Å²) in [5, 5.41) is 10.7. The minimum Gasteiger partial charge on any atom is -0.393 e. The molecule has 0 heterocycles. The molecule has 5 aliphatic rings. The summed E-state index contributed by atoms with van der Waals surface area (Å²) in [6.45, 7) is 20.9. The van der Waals surface area contributed by atoms with Gasteiger partial charge in [0.25, 0.3) is 0 Å². The second-order valence-corrected chi connectivity index (χ2v) is 15.5. The first-order chi connectivity index (χ1) is 14.2. The molecule has 0 aromatic heterocycles. The van der Waals surface area contributed by atoms with Crippen LogP contribution >= 0.6 is 0 Å². The minimum atomic E-state index is -0.0781. The quantitative estimate of drug-likeness (QED) is 0.412. The Morgan fingerprint density at radius 3 is 1.90 bits per heavy atom. The van der Waals surface area contributed by atoms with Gasteiger partial charge in [0, 0.05) is 0 Å². The maximum Gasteiger partial charge on any atom is 0.0571 e. The van der Waals surface area contributed by atoms with Gasteiger partial charge in [0.15, 0.2) is 0 Å². The van der Waals surface area contributed by atoms with Crippen molar-refractivity contribution in [1.29, 1.82) is 0 Å². The molecule has 31 heavy (non-hydrogen) atoms. The van der Waals surface area contributed by atoms with E-state index >= 15 is 0 Å². The Balaban J connectivity index is 1.54. The van der Waals surface area contributed by atoms with Crippen molar-refractivity contribution in [3.8, 4) is 0 Å². The van der Waals surface area contributed by atoms with Crippen molar-refractivity contribution < 1.29 is 5.11 Å². The van der Waals surface area contributed by atoms with E-state index in [1.807, 2.05) is 0 Å². The summed E-state index contributed by atoms with van der Waals surface area (Å²) in [6.07, 6.45) is 15.1. The van der Waals surface area contributed by atoms with Crippen molar-refractivity contribution in [2.24, 2.45) is 56.2 Å². The Bertz CT molecular complexity index is 741. The average molecular weight is 429 g/mol. The monoisotopic (exact) mass is 428 g/mol. The van der Waals surface area contributed by atoms with Crippen LogP contribution in [0, 0.1) is 56.2 Å². The maximum atomic E-state index is 10.7. The Morgan fingerprint density at radius 1 is 0.581 bits per heavy atom. The molecule has 0 aromatic rings. The maximum absolute atomic E-state index is 10.7. The number of aliphatic hydroxyl groups excluding tert-OH is 1. The summed E-state index contributed by atoms with van der Waals surface area (Å²) in [4.78, 5) is 0. The number of rotatable bonds is 0. The molecule has 0 spiro atoms. The minimum absolute atomic E-state index is 0.0781. The molecule has 0 unspecified atom stereocenters. The van der Waals surface area contributed by atoms with Gasteiger partial charge in [0.05, 0.1) is 6.10 Å². The van der Waals surface area contributed by atoms with Crippen LogP contribution in [-0.2, 0) is 0 Å². The first-order valence-electron chi connectivity index (χ1n) is 13.9. The predicted octanol–water partition coefficient (Wildman–Crippen LogP) is 8.25. The lowest BCUT2D eigenvalue weighted by Gasteiger charge is -2.75. The van der Waals surface area contributed by atoms with E-state index in [1.165, 1.54) is 64.2 Å². The topological polar surface area (TPSA) is 20.2 Å². The van der Waals surface area contributed by atoms with E-state index in [0.29, 0.717) is 38.4 Å². The summed E-state index contributed by atoms with van der Waals surface area (Å²) in [7, 11) is 0. The van der Waals surface area contributed by atoms with Gasteiger partial charge >= 0.3 is 0 Å². The Labute approximate surface area is 193 Å². The SMILES string of the molecule is C[C@H]1[C@H](O)CC[C@H]2[C@]3(C)CC[C@@]4(C)[C@@H]5CC(C)(C)CC[C@]5(C)CC[C@]4(C)[C@@H]3CC[C@@]21C. The van der Waals surface area contributed by atoms with Gasteiger partial charge in [-0.1, -0.05) is 55.4 Å². The molecular formula is C30H52O. The van der Waals surface area contributed by atoms with Crippen molar-refractivity contribution in [1.82, 2.24) is 0 Å². The summed E-state index contributed by atoms with van der Waals surface area (Å²) < 4.78 is 0. The van der Waals surface area contributed by atoms with Gasteiger partial charge in [-0.05, 0) is 127 Å². The first kappa shape index (κ1) is 22.7. The molecule has 10 atom stereocenters. The lowest BCUT2D eigenvalue weighted by atomic mass is 9.30. The van der Waals surface area contributed by atoms with Crippen LogP contribution in [0.4, 0.5) is 0 Å². The molecular weight excluding hydrogens is 376 g/mol. The molecule has 0 saturated heterocycles. The Hall–Kier alpha value is -0.0400. The van der Waals surface area contributed by atoms with E-state index in [4.69, 9.17) is 0 Å². The molecule has 0 aromatic carbocycles. The van der Waals surface area contributed by atoms with Crippen molar-refractivity contribution in [3.05, 3.63) is 0 Å². The largest absolute Gasteiger partial charge is 0.393 e. The van der Waals surface area contributed by atoms with E-state index in [-0.39, 0.29) is 6.10 Å². The van der Waals surface area contributed by atoms with Gasteiger partial charge in [-0.25, -0.2) is 0 Å². The third kappa shape index (κ3) is 2.77. The van der Waals surface area contributed by atoms with E-state index < -0.39 is 0 Å². The highest BCUT2D eigenvalue weighted by Gasteiger charge is 2.70. The van der Waals surface area contributed by atoms with Crippen molar-refractivity contribution in [2.45, 2.75) is 132 Å². The zero-order valence-electron chi connectivity index (χ0n) is 22.1. The van der Waals surface area contributed by atoms with E-state index in [1.54, 1.807) is 0 Å². The summed E-state index contributed by atoms with van der Waals surface area (Å²) in [5.74, 6) is 3.02. The standard InChI is InChI=1S/C30H52O/c1-20-21(31)9-10-22-27(20,5)12-11-23-28(22,6)16-18-30(8)24-19-25(2,3)13-14-26(24,4)15-17-29(23,30)7/h20-24,31H,9-19H2,1-8H3/t20-,21+,22+,23+,24+,26+,27+,28-,29+,30-/m0/s1. The molecule has 0 amide bonds. The third-order valence-electron chi connectivity index (χ3n) is 13.9. The van der Waals surface area contributed by atoms with Gasteiger partial charge < -0.3 is 5.11 Å². The van der Waals surface area contributed by atoms with Crippen LogP contribution in [0.1, 0.15) is 126 Å². The number of hydrogen-bond donors (Lipinski definition) is 1. The van der Waals surface area contributed by atoms with Crippen LogP contribution in [0.5, 0.6) is 0 Å². The first-order valence-corrected chi connectivity index (χ1v) is 13.9. The average Bonchev–Trinajstić information content (AvgIpc) is 2.69. The lowest BCUT2D eigenvalue weighted by molar-refractivity contribution is -0.263. The van der Waals surface area contributed by atoms with Crippen LogP contribution in [0.2, 0.25) is 0 Å². The number of fused-ring (bicyclic) bond motifs is 7. The molecule has 5 aliphatic carbocycles. The number of aliphatic hydroxyl groups is 1. The number of hydrogen-bond acceptors (Lipinski definition) is 1. The highest BCUT2D eigenvalue weighted by molar-refractivity contribution is 5.19. The lowest BCUT2D eigenvalue weighted by Crippen LogP contribution is -2.67. The van der Waals surface area contributed by atoms with Crippen LogP contribution in [0.15, 0.2) is 0 Å². The van der Waals surface area contributed by atoms with Crippen molar-refractivity contribution in [2.75, 3.05) is 0 Å². The zero-order valence-corrected chi connectivity index (χ0v) is 22.1. The predicted molar refractivity (Wildman–Crippen MR) is 131 cm³/mol. The fourth-order valence-electron chi connectivity index (χ4n) is 11.4. The Kier molecular flexibility index (Phi) is 4.80. The fourth-order valence-corrected chi connectivity index (χ4v) is 11.4. The van der Waals surface area contributed by atoms with Gasteiger partial charge in [0.2, 0.25) is 0 Å². The molecule has 0 radical (unpaired) electrons. The second-order valence-electron chi connectivity index (χ2n) is 15.5. The van der Waals surface area contributed by atoms with E-state index in [0.717, 1.165) is 24.2 Å². The fraction of sp³-hybridized carbons (Fsp3) is 1.00. The van der Waals surface area contributed by atoms with Gasteiger partial charge in [-0.15, -0.1) is 0 Å². The highest BCUT2D eigenvalue weighted by atomic mass is 16.3. The van der Waals surface area contributed by atoms with Crippen molar-refractivity contribution >= 4 is 0 Å². The molecule has 5 rings (SSSR count). The summed E-state index contributed by atoms with van der Waals surface area (Å²) >= 11 is 0. The molecule has 5 fully saturated rings. The molecule has 1 N–H and O–H groups in total. The normalized spacial score (nSPS) is 60.9. The van der Waals surface area contributed by atoms with Crippen molar-refractivity contribution in [3.63, 3.8) is 0 Å². The zero-order chi connectivity index (χ0) is 22.7. The second kappa shape index (κ2) is 6.55. The van der Waals surface area contributed by atoms with Crippen LogP contribution in [-0.4, -0.2) is 11.2 Å². The molecule has 1 heteroatoms. The van der Waals surface area contributed by atoms with Crippen LogP contribution < -0.4 is 0 Å². The Morgan fingerprint density at radius 2 is 1.19 bits per heavy atom. The van der Waals surface area contributed by atoms with Gasteiger partial charge in [-0.3, -0.25) is 0 Å². The third-order valence-corrected chi connectivity index (χ3v) is 13.9.